The molecule has 94 valence electrons. The van der Waals surface area contributed by atoms with Gasteiger partial charge in [0.15, 0.2) is 0 Å². The van der Waals surface area contributed by atoms with Crippen LogP contribution in [0, 0.1) is 11.8 Å². The zero-order chi connectivity index (χ0) is 12.3. The van der Waals surface area contributed by atoms with Crippen LogP contribution in [0.4, 0.5) is 0 Å². The van der Waals surface area contributed by atoms with E-state index in [0.717, 1.165) is 11.6 Å². The fraction of sp³-hybridized carbons (Fsp3) is 0.692. The fourth-order valence-corrected chi connectivity index (χ4v) is 2.86. The molecule has 1 saturated carbocycles. The largest absolute Gasteiger partial charge is 0.480 e. The average Bonchev–Trinajstić information content (AvgIpc) is 2.77. The van der Waals surface area contributed by atoms with Crippen molar-refractivity contribution in [2.24, 2.45) is 11.8 Å². The summed E-state index contributed by atoms with van der Waals surface area (Å²) < 4.78 is 5.30. The van der Waals surface area contributed by atoms with Gasteiger partial charge < -0.3 is 10.1 Å². The van der Waals surface area contributed by atoms with E-state index >= 15 is 0 Å². The van der Waals surface area contributed by atoms with Crippen molar-refractivity contribution in [3.63, 3.8) is 0 Å². The minimum Gasteiger partial charge on any atom is -0.480 e. The molecule has 1 aliphatic rings. The third-order valence-corrected chi connectivity index (χ3v) is 3.70. The fourth-order valence-electron chi connectivity index (χ4n) is 2.86. The second kappa shape index (κ2) is 5.45. The van der Waals surface area contributed by atoms with Crippen LogP contribution >= 0.6 is 0 Å². The van der Waals surface area contributed by atoms with E-state index in [9.17, 15) is 0 Å². The zero-order valence-electron chi connectivity index (χ0n) is 10.8. The minimum absolute atomic E-state index is 0.253. The highest BCUT2D eigenvalue weighted by molar-refractivity contribution is 5.22. The number of nitrogens with zero attached hydrogens (tertiary/aromatic N) is 2. The Morgan fingerprint density at radius 1 is 1.35 bits per heavy atom. The van der Waals surface area contributed by atoms with Crippen LogP contribution in [0.5, 0.6) is 5.88 Å². The Kier molecular flexibility index (Phi) is 3.94. The second-order valence-corrected chi connectivity index (χ2v) is 4.90. The molecule has 0 amide bonds. The normalized spacial score (nSPS) is 25.8. The predicted molar refractivity (Wildman–Crippen MR) is 66.9 cm³/mol. The van der Waals surface area contributed by atoms with Crippen molar-refractivity contribution in [1.82, 2.24) is 15.3 Å². The molecule has 1 aromatic rings. The molecule has 4 heteroatoms. The number of nitrogens with one attached hydrogen (secondary N) is 1. The van der Waals surface area contributed by atoms with E-state index in [4.69, 9.17) is 4.74 Å². The molecular weight excluding hydrogens is 214 g/mol. The highest BCUT2D eigenvalue weighted by Gasteiger charge is 2.31. The summed E-state index contributed by atoms with van der Waals surface area (Å²) in [7, 11) is 3.64. The summed E-state index contributed by atoms with van der Waals surface area (Å²) in [6, 6.07) is 0.253. The first-order valence-electron chi connectivity index (χ1n) is 6.28. The summed E-state index contributed by atoms with van der Waals surface area (Å²) >= 11 is 0. The lowest BCUT2D eigenvalue weighted by molar-refractivity contribution is 0.337. The SMILES string of the molecule is CNC(c1nccnc1OC)C1CCC(C)C1. The van der Waals surface area contributed by atoms with Crippen molar-refractivity contribution in [1.29, 1.82) is 0 Å². The van der Waals surface area contributed by atoms with Crippen LogP contribution in [0.25, 0.3) is 0 Å². The highest BCUT2D eigenvalue weighted by Crippen LogP contribution is 2.39. The van der Waals surface area contributed by atoms with E-state index in [1.165, 1.54) is 19.3 Å². The standard InChI is InChI=1S/C13H21N3O/c1-9-4-5-10(8-9)11(14-2)12-13(17-3)16-7-6-15-12/h6-7,9-11,14H,4-5,8H2,1-3H3. The molecule has 0 spiro atoms. The summed E-state index contributed by atoms with van der Waals surface area (Å²) in [5, 5.41) is 3.37. The third kappa shape index (κ3) is 2.57. The van der Waals surface area contributed by atoms with Crippen LogP contribution in [-0.4, -0.2) is 24.1 Å². The summed E-state index contributed by atoms with van der Waals surface area (Å²) in [6.45, 7) is 2.32. The number of hydrogen-bond acceptors (Lipinski definition) is 4. The maximum Gasteiger partial charge on any atom is 0.237 e. The number of hydrogen-bond donors (Lipinski definition) is 1. The maximum absolute atomic E-state index is 5.30. The molecule has 0 radical (unpaired) electrons. The van der Waals surface area contributed by atoms with E-state index in [1.807, 2.05) is 7.05 Å². The molecule has 1 N–H and O–H groups in total. The minimum atomic E-state index is 0.253. The number of rotatable bonds is 4. The molecule has 3 unspecified atom stereocenters. The molecule has 1 aromatic heterocycles. The summed E-state index contributed by atoms with van der Waals surface area (Å²) in [4.78, 5) is 8.67. The van der Waals surface area contributed by atoms with E-state index in [-0.39, 0.29) is 6.04 Å². The molecule has 1 fully saturated rings. The van der Waals surface area contributed by atoms with Gasteiger partial charge in [-0.15, -0.1) is 0 Å². The van der Waals surface area contributed by atoms with Gasteiger partial charge in [-0.05, 0) is 31.7 Å². The molecule has 1 aliphatic carbocycles. The Balaban J connectivity index is 2.22. The monoisotopic (exact) mass is 235 g/mol. The molecule has 0 saturated heterocycles. The first-order chi connectivity index (χ1) is 8.26. The maximum atomic E-state index is 5.30. The van der Waals surface area contributed by atoms with Crippen LogP contribution in [0.15, 0.2) is 12.4 Å². The van der Waals surface area contributed by atoms with Gasteiger partial charge in [-0.2, -0.15) is 0 Å². The Labute approximate surface area is 103 Å². The van der Waals surface area contributed by atoms with Crippen molar-refractivity contribution in [3.8, 4) is 5.88 Å². The Morgan fingerprint density at radius 2 is 2.12 bits per heavy atom. The van der Waals surface area contributed by atoms with Crippen molar-refractivity contribution < 1.29 is 4.74 Å². The first kappa shape index (κ1) is 12.3. The van der Waals surface area contributed by atoms with Gasteiger partial charge in [0.2, 0.25) is 5.88 Å². The van der Waals surface area contributed by atoms with Gasteiger partial charge in [-0.1, -0.05) is 13.3 Å². The second-order valence-electron chi connectivity index (χ2n) is 4.90. The quantitative estimate of drug-likeness (QED) is 0.869. The van der Waals surface area contributed by atoms with E-state index in [1.54, 1.807) is 19.5 Å². The molecule has 1 heterocycles. The molecule has 0 aromatic carbocycles. The van der Waals surface area contributed by atoms with Crippen molar-refractivity contribution >= 4 is 0 Å². The van der Waals surface area contributed by atoms with Crippen molar-refractivity contribution in [2.75, 3.05) is 14.2 Å². The highest BCUT2D eigenvalue weighted by atomic mass is 16.5. The van der Waals surface area contributed by atoms with Crippen LogP contribution in [0.3, 0.4) is 0 Å². The van der Waals surface area contributed by atoms with Gasteiger partial charge >= 0.3 is 0 Å². The van der Waals surface area contributed by atoms with Gasteiger partial charge in [0.1, 0.15) is 5.69 Å². The van der Waals surface area contributed by atoms with Crippen LogP contribution in [0.1, 0.15) is 37.9 Å². The lowest BCUT2D eigenvalue weighted by Gasteiger charge is -2.23. The molecule has 3 atom stereocenters. The number of methoxy groups -OCH3 is 1. The summed E-state index contributed by atoms with van der Waals surface area (Å²) in [6.07, 6.45) is 7.23. The van der Waals surface area contributed by atoms with Gasteiger partial charge in [-0.3, -0.25) is 4.98 Å². The lowest BCUT2D eigenvalue weighted by Crippen LogP contribution is -2.25. The molecule has 0 aliphatic heterocycles. The topological polar surface area (TPSA) is 47.0 Å². The van der Waals surface area contributed by atoms with E-state index < -0.39 is 0 Å². The van der Waals surface area contributed by atoms with E-state index in [2.05, 4.69) is 22.2 Å². The predicted octanol–water partition coefficient (Wildman–Crippen LogP) is 2.18. The molecule has 4 nitrogen and oxygen atoms in total. The molecular formula is C13H21N3O. The first-order valence-corrected chi connectivity index (χ1v) is 6.28. The third-order valence-electron chi connectivity index (χ3n) is 3.70. The van der Waals surface area contributed by atoms with Gasteiger partial charge in [0.25, 0.3) is 0 Å². The smallest absolute Gasteiger partial charge is 0.237 e. The zero-order valence-corrected chi connectivity index (χ0v) is 10.8. The summed E-state index contributed by atoms with van der Waals surface area (Å²) in [5.74, 6) is 2.10. The lowest BCUT2D eigenvalue weighted by atomic mass is 9.94. The number of aromatic nitrogens is 2. The Hall–Kier alpha value is -1.16. The van der Waals surface area contributed by atoms with Gasteiger partial charge in [0, 0.05) is 12.4 Å². The molecule has 17 heavy (non-hydrogen) atoms. The van der Waals surface area contributed by atoms with Crippen LogP contribution in [-0.2, 0) is 0 Å². The van der Waals surface area contributed by atoms with Crippen molar-refractivity contribution in [3.05, 3.63) is 18.1 Å². The Morgan fingerprint density at radius 3 is 2.71 bits per heavy atom. The molecule has 2 rings (SSSR count). The van der Waals surface area contributed by atoms with E-state index in [0.29, 0.717) is 11.8 Å². The van der Waals surface area contributed by atoms with Gasteiger partial charge in [-0.25, -0.2) is 4.98 Å². The number of ether oxygens (including phenoxy) is 1. The average molecular weight is 235 g/mol. The Bertz CT molecular complexity index is 369. The van der Waals surface area contributed by atoms with Crippen LogP contribution in [0.2, 0.25) is 0 Å². The summed E-state index contributed by atoms with van der Waals surface area (Å²) in [5.41, 5.74) is 0.941. The van der Waals surface area contributed by atoms with Crippen molar-refractivity contribution in [2.45, 2.75) is 32.2 Å². The van der Waals surface area contributed by atoms with Gasteiger partial charge in [0.05, 0.1) is 13.2 Å². The van der Waals surface area contributed by atoms with Crippen LogP contribution < -0.4 is 10.1 Å². The molecule has 0 bridgehead atoms.